The lowest BCUT2D eigenvalue weighted by Crippen LogP contribution is -2.32. The standard InChI is InChI=1S/C24H23N3O2S/c1-3-26(4-2)18-12-14-19(15-13-18)27-23(28)21(20-11-8-16-30-20)22(24(27)29)25-17-9-6-5-7-10-17/h5-16,25H,3-4H2,1-2H3. The minimum atomic E-state index is -0.345. The molecule has 0 unspecified atom stereocenters. The summed E-state index contributed by atoms with van der Waals surface area (Å²) in [5, 5.41) is 5.08. The van der Waals surface area contributed by atoms with E-state index in [9.17, 15) is 9.59 Å². The van der Waals surface area contributed by atoms with Gasteiger partial charge in [-0.2, -0.15) is 0 Å². The van der Waals surface area contributed by atoms with Crippen molar-refractivity contribution >= 4 is 45.8 Å². The topological polar surface area (TPSA) is 52.6 Å². The van der Waals surface area contributed by atoms with Gasteiger partial charge in [0.25, 0.3) is 11.8 Å². The minimum absolute atomic E-state index is 0.307. The quantitative estimate of drug-likeness (QED) is 0.550. The van der Waals surface area contributed by atoms with Crippen molar-refractivity contribution in [1.29, 1.82) is 0 Å². The van der Waals surface area contributed by atoms with Crippen molar-refractivity contribution in [2.24, 2.45) is 0 Å². The number of thiophene rings is 1. The zero-order valence-corrected chi connectivity index (χ0v) is 17.8. The van der Waals surface area contributed by atoms with Gasteiger partial charge in [-0.15, -0.1) is 11.3 Å². The van der Waals surface area contributed by atoms with Crippen LogP contribution in [0.5, 0.6) is 0 Å². The van der Waals surface area contributed by atoms with E-state index in [1.165, 1.54) is 16.2 Å². The average Bonchev–Trinajstić information content (AvgIpc) is 3.37. The maximum absolute atomic E-state index is 13.4. The third-order valence-corrected chi connectivity index (χ3v) is 6.02. The van der Waals surface area contributed by atoms with Crippen LogP contribution in [0.15, 0.2) is 77.8 Å². The molecule has 0 saturated carbocycles. The van der Waals surface area contributed by atoms with Crippen LogP contribution in [-0.2, 0) is 9.59 Å². The fourth-order valence-corrected chi connectivity index (χ4v) is 4.36. The van der Waals surface area contributed by atoms with Crippen LogP contribution >= 0.6 is 11.3 Å². The summed E-state index contributed by atoms with van der Waals surface area (Å²) >= 11 is 1.45. The van der Waals surface area contributed by atoms with Crippen molar-refractivity contribution in [3.8, 4) is 0 Å². The van der Waals surface area contributed by atoms with E-state index >= 15 is 0 Å². The number of imide groups is 1. The molecule has 5 nitrogen and oxygen atoms in total. The van der Waals surface area contributed by atoms with Crippen LogP contribution in [0.4, 0.5) is 17.1 Å². The molecule has 152 valence electrons. The summed E-state index contributed by atoms with van der Waals surface area (Å²) < 4.78 is 0. The van der Waals surface area contributed by atoms with Crippen LogP contribution in [0.2, 0.25) is 0 Å². The molecule has 1 aliphatic heterocycles. The Bertz CT molecular complexity index is 1070. The number of para-hydroxylation sites is 1. The molecular formula is C24H23N3O2S. The largest absolute Gasteiger partial charge is 0.372 e. The fourth-order valence-electron chi connectivity index (χ4n) is 3.60. The van der Waals surface area contributed by atoms with E-state index in [1.54, 1.807) is 0 Å². The summed E-state index contributed by atoms with van der Waals surface area (Å²) in [6, 6.07) is 20.8. The molecule has 0 fully saturated rings. The zero-order chi connectivity index (χ0) is 21.1. The highest BCUT2D eigenvalue weighted by Gasteiger charge is 2.40. The van der Waals surface area contributed by atoms with Crippen LogP contribution in [0, 0.1) is 0 Å². The first kappa shape index (κ1) is 19.9. The summed E-state index contributed by atoms with van der Waals surface area (Å²) in [6.45, 7) is 5.99. The third-order valence-electron chi connectivity index (χ3n) is 5.13. The summed E-state index contributed by atoms with van der Waals surface area (Å²) in [6.07, 6.45) is 0. The molecule has 6 heteroatoms. The van der Waals surface area contributed by atoms with E-state index in [0.29, 0.717) is 17.0 Å². The van der Waals surface area contributed by atoms with Gasteiger partial charge in [-0.1, -0.05) is 24.3 Å². The second-order valence-corrected chi connectivity index (χ2v) is 7.80. The number of benzene rings is 2. The Morgan fingerprint density at radius 2 is 1.57 bits per heavy atom. The lowest BCUT2D eigenvalue weighted by Gasteiger charge is -2.22. The molecule has 0 saturated heterocycles. The summed E-state index contributed by atoms with van der Waals surface area (Å²) in [5.74, 6) is -0.653. The van der Waals surface area contributed by atoms with Crippen LogP contribution in [-0.4, -0.2) is 24.9 Å². The van der Waals surface area contributed by atoms with Gasteiger partial charge in [0, 0.05) is 29.3 Å². The predicted octanol–water partition coefficient (Wildman–Crippen LogP) is 4.99. The summed E-state index contributed by atoms with van der Waals surface area (Å²) in [4.78, 5) is 30.9. The number of carbonyl (C=O) groups excluding carboxylic acids is 2. The second kappa shape index (κ2) is 8.55. The van der Waals surface area contributed by atoms with Gasteiger partial charge >= 0.3 is 0 Å². The lowest BCUT2D eigenvalue weighted by atomic mass is 10.2. The predicted molar refractivity (Wildman–Crippen MR) is 124 cm³/mol. The Morgan fingerprint density at radius 3 is 2.17 bits per heavy atom. The lowest BCUT2D eigenvalue weighted by molar-refractivity contribution is -0.120. The minimum Gasteiger partial charge on any atom is -0.372 e. The van der Waals surface area contributed by atoms with Crippen molar-refractivity contribution < 1.29 is 9.59 Å². The fraction of sp³-hybridized carbons (Fsp3) is 0.167. The maximum Gasteiger partial charge on any atom is 0.282 e. The number of hydrogen-bond acceptors (Lipinski definition) is 5. The molecule has 0 radical (unpaired) electrons. The summed E-state index contributed by atoms with van der Waals surface area (Å²) in [7, 11) is 0. The van der Waals surface area contributed by atoms with Gasteiger partial charge in [-0.3, -0.25) is 9.59 Å². The molecule has 0 bridgehead atoms. The van der Waals surface area contributed by atoms with Gasteiger partial charge in [-0.25, -0.2) is 4.90 Å². The Kier molecular flexibility index (Phi) is 5.68. The molecular weight excluding hydrogens is 394 g/mol. The van der Waals surface area contributed by atoms with Crippen LogP contribution < -0.4 is 15.1 Å². The van der Waals surface area contributed by atoms with Crippen molar-refractivity contribution in [2.75, 3.05) is 28.2 Å². The van der Waals surface area contributed by atoms with Crippen molar-refractivity contribution in [1.82, 2.24) is 0 Å². The Morgan fingerprint density at radius 1 is 0.867 bits per heavy atom. The molecule has 0 aliphatic carbocycles. The molecule has 2 heterocycles. The van der Waals surface area contributed by atoms with Gasteiger partial charge in [0.15, 0.2) is 0 Å². The molecule has 0 atom stereocenters. The second-order valence-electron chi connectivity index (χ2n) is 6.85. The smallest absolute Gasteiger partial charge is 0.282 e. The monoisotopic (exact) mass is 417 g/mol. The Balaban J connectivity index is 1.71. The summed E-state index contributed by atoms with van der Waals surface area (Å²) in [5.41, 5.74) is 3.12. The number of nitrogens with one attached hydrogen (secondary N) is 1. The van der Waals surface area contributed by atoms with E-state index in [1.807, 2.05) is 72.1 Å². The molecule has 4 rings (SSSR count). The number of hydrogen-bond donors (Lipinski definition) is 1. The van der Waals surface area contributed by atoms with Crippen LogP contribution in [0.3, 0.4) is 0 Å². The molecule has 0 spiro atoms. The van der Waals surface area contributed by atoms with Crippen LogP contribution in [0.25, 0.3) is 5.57 Å². The zero-order valence-electron chi connectivity index (χ0n) is 17.0. The van der Waals surface area contributed by atoms with Gasteiger partial charge < -0.3 is 10.2 Å². The highest BCUT2D eigenvalue weighted by molar-refractivity contribution is 7.11. The number of nitrogens with zero attached hydrogens (tertiary/aromatic N) is 2. The highest BCUT2D eigenvalue weighted by atomic mass is 32.1. The Labute approximate surface area is 180 Å². The molecule has 2 amide bonds. The van der Waals surface area contributed by atoms with Gasteiger partial charge in [0.2, 0.25) is 0 Å². The maximum atomic E-state index is 13.4. The first-order valence-corrected chi connectivity index (χ1v) is 10.9. The van der Waals surface area contributed by atoms with Gasteiger partial charge in [0.1, 0.15) is 5.70 Å². The number of anilines is 3. The van der Waals surface area contributed by atoms with E-state index in [4.69, 9.17) is 0 Å². The van der Waals surface area contributed by atoms with Gasteiger partial charge in [0.05, 0.1) is 11.3 Å². The molecule has 1 aromatic heterocycles. The van der Waals surface area contributed by atoms with Crippen molar-refractivity contribution in [3.63, 3.8) is 0 Å². The van der Waals surface area contributed by atoms with Crippen LogP contribution in [0.1, 0.15) is 18.7 Å². The first-order valence-electron chi connectivity index (χ1n) is 9.98. The van der Waals surface area contributed by atoms with E-state index in [0.717, 1.165) is 29.3 Å². The van der Waals surface area contributed by atoms with Crippen molar-refractivity contribution in [3.05, 3.63) is 82.7 Å². The molecule has 30 heavy (non-hydrogen) atoms. The number of carbonyl (C=O) groups is 2. The molecule has 3 aromatic rings. The molecule has 1 aliphatic rings. The Hall–Kier alpha value is -3.38. The average molecular weight is 418 g/mol. The van der Waals surface area contributed by atoms with E-state index in [2.05, 4.69) is 24.1 Å². The highest BCUT2D eigenvalue weighted by Crippen LogP contribution is 2.36. The molecule has 2 aromatic carbocycles. The normalized spacial score (nSPS) is 13.9. The van der Waals surface area contributed by atoms with E-state index < -0.39 is 0 Å². The number of amides is 2. The van der Waals surface area contributed by atoms with E-state index in [-0.39, 0.29) is 11.8 Å². The third kappa shape index (κ3) is 3.62. The van der Waals surface area contributed by atoms with Gasteiger partial charge in [-0.05, 0) is 61.7 Å². The first-order chi connectivity index (χ1) is 14.6. The molecule has 1 N–H and O–H groups in total. The SMILES string of the molecule is CCN(CC)c1ccc(N2C(=O)C(Nc3ccccc3)=C(c3cccs3)C2=O)cc1. The number of rotatable bonds is 7. The van der Waals surface area contributed by atoms with Crippen molar-refractivity contribution in [2.45, 2.75) is 13.8 Å².